The van der Waals surface area contributed by atoms with E-state index in [-0.39, 0.29) is 16.5 Å². The molecular weight excluding hydrogens is 393 g/mol. The van der Waals surface area contributed by atoms with Crippen LogP contribution in [0.4, 0.5) is 24.8 Å². The molecule has 1 heterocycles. The van der Waals surface area contributed by atoms with Gasteiger partial charge in [-0.1, -0.05) is 6.07 Å². The van der Waals surface area contributed by atoms with Crippen molar-refractivity contribution in [2.75, 3.05) is 11.5 Å². The molecule has 6 nitrogen and oxygen atoms in total. The minimum atomic E-state index is -4.88. The van der Waals surface area contributed by atoms with Crippen LogP contribution in [-0.2, 0) is 16.0 Å². The van der Waals surface area contributed by atoms with Crippen LogP contribution in [0.15, 0.2) is 58.6 Å². The Morgan fingerprint density at radius 3 is 2.21 bits per heavy atom. The number of nitrogens with zero attached hydrogens (tertiary/aromatic N) is 2. The standard InChI is InChI=1S/C18H15F3N4O2S/c1-10-2-4-13(7-14(10)11-8-24-17(23)25-9-11)28(26,27)16-5-3-12(22)6-15(16)18(19,20)21/h2-9H,22H2,1H3,(H2,23,24,25). The third kappa shape index (κ3) is 3.63. The molecule has 0 bridgehead atoms. The van der Waals surface area contributed by atoms with E-state index in [0.717, 1.165) is 12.1 Å². The number of nitrogens with two attached hydrogens (primary N) is 2. The molecule has 0 unspecified atom stereocenters. The van der Waals surface area contributed by atoms with Gasteiger partial charge in [0.15, 0.2) is 0 Å². The van der Waals surface area contributed by atoms with Crippen LogP contribution in [-0.4, -0.2) is 18.4 Å². The van der Waals surface area contributed by atoms with Crippen molar-refractivity contribution in [2.45, 2.75) is 22.9 Å². The minimum Gasteiger partial charge on any atom is -0.399 e. The van der Waals surface area contributed by atoms with Crippen LogP contribution in [0.2, 0.25) is 0 Å². The number of aryl methyl sites for hydroxylation is 1. The quantitative estimate of drug-likeness (QED) is 0.642. The molecule has 0 amide bonds. The molecule has 0 fully saturated rings. The summed E-state index contributed by atoms with van der Waals surface area (Å²) in [7, 11) is -4.47. The van der Waals surface area contributed by atoms with E-state index in [1.165, 1.54) is 30.6 Å². The van der Waals surface area contributed by atoms with E-state index in [9.17, 15) is 21.6 Å². The van der Waals surface area contributed by atoms with Crippen molar-refractivity contribution in [3.63, 3.8) is 0 Å². The van der Waals surface area contributed by atoms with E-state index >= 15 is 0 Å². The Kier molecular flexibility index (Phi) is 4.76. The van der Waals surface area contributed by atoms with Crippen LogP contribution in [0.3, 0.4) is 0 Å². The number of rotatable bonds is 3. The zero-order valence-corrected chi connectivity index (χ0v) is 15.3. The monoisotopic (exact) mass is 408 g/mol. The lowest BCUT2D eigenvalue weighted by Gasteiger charge is -2.15. The first kappa shape index (κ1) is 19.6. The number of hydrogen-bond donors (Lipinski definition) is 2. The van der Waals surface area contributed by atoms with Crippen molar-refractivity contribution in [1.82, 2.24) is 9.97 Å². The number of alkyl halides is 3. The topological polar surface area (TPSA) is 112 Å². The molecule has 28 heavy (non-hydrogen) atoms. The Labute approximate surface area is 159 Å². The second-order valence-corrected chi connectivity index (χ2v) is 7.98. The first-order valence-corrected chi connectivity index (χ1v) is 9.39. The molecule has 3 rings (SSSR count). The number of aromatic nitrogens is 2. The van der Waals surface area contributed by atoms with Crippen molar-refractivity contribution in [1.29, 1.82) is 0 Å². The van der Waals surface area contributed by atoms with Gasteiger partial charge in [-0.15, -0.1) is 0 Å². The van der Waals surface area contributed by atoms with Crippen LogP contribution in [0.25, 0.3) is 11.1 Å². The summed E-state index contributed by atoms with van der Waals surface area (Å²) in [6.45, 7) is 1.73. The molecule has 0 saturated heterocycles. The SMILES string of the molecule is Cc1ccc(S(=O)(=O)c2ccc(N)cc2C(F)(F)F)cc1-c1cnc(N)nc1. The van der Waals surface area contributed by atoms with E-state index in [1.807, 2.05) is 0 Å². The Hall–Kier alpha value is -3.14. The van der Waals surface area contributed by atoms with Crippen molar-refractivity contribution >= 4 is 21.5 Å². The Morgan fingerprint density at radius 1 is 0.964 bits per heavy atom. The zero-order valence-electron chi connectivity index (χ0n) is 14.5. The van der Waals surface area contributed by atoms with E-state index in [1.54, 1.807) is 6.92 Å². The van der Waals surface area contributed by atoms with Crippen molar-refractivity contribution < 1.29 is 21.6 Å². The van der Waals surface area contributed by atoms with Crippen LogP contribution in [0.1, 0.15) is 11.1 Å². The van der Waals surface area contributed by atoms with Crippen molar-refractivity contribution in [2.24, 2.45) is 0 Å². The largest absolute Gasteiger partial charge is 0.417 e. The second kappa shape index (κ2) is 6.79. The summed E-state index contributed by atoms with van der Waals surface area (Å²) in [4.78, 5) is 6.56. The number of anilines is 2. The summed E-state index contributed by atoms with van der Waals surface area (Å²) in [5, 5.41) is 0. The highest BCUT2D eigenvalue weighted by atomic mass is 32.2. The number of hydrogen-bond acceptors (Lipinski definition) is 6. The Bertz CT molecular complexity index is 1140. The lowest BCUT2D eigenvalue weighted by molar-refractivity contribution is -0.139. The number of benzene rings is 2. The molecule has 146 valence electrons. The van der Waals surface area contributed by atoms with Gasteiger partial charge < -0.3 is 11.5 Å². The van der Waals surface area contributed by atoms with Crippen molar-refractivity contribution in [3.05, 3.63) is 59.9 Å². The van der Waals surface area contributed by atoms with Crippen LogP contribution in [0, 0.1) is 6.92 Å². The Balaban J connectivity index is 2.19. The smallest absolute Gasteiger partial charge is 0.399 e. The van der Waals surface area contributed by atoms with Crippen LogP contribution < -0.4 is 11.5 Å². The lowest BCUT2D eigenvalue weighted by Crippen LogP contribution is -2.14. The molecule has 2 aromatic carbocycles. The fourth-order valence-electron chi connectivity index (χ4n) is 2.69. The van der Waals surface area contributed by atoms with Gasteiger partial charge >= 0.3 is 6.18 Å². The van der Waals surface area contributed by atoms with Crippen molar-refractivity contribution in [3.8, 4) is 11.1 Å². The van der Waals surface area contributed by atoms with Gasteiger partial charge in [0.2, 0.25) is 15.8 Å². The average Bonchev–Trinajstić information content (AvgIpc) is 2.62. The second-order valence-electron chi connectivity index (χ2n) is 6.06. The maximum atomic E-state index is 13.4. The molecule has 4 N–H and O–H groups in total. The van der Waals surface area contributed by atoms with Gasteiger partial charge in [-0.2, -0.15) is 13.2 Å². The first-order valence-electron chi connectivity index (χ1n) is 7.90. The molecule has 0 saturated carbocycles. The fourth-order valence-corrected chi connectivity index (χ4v) is 4.17. The van der Waals surface area contributed by atoms with Gasteiger partial charge in [-0.25, -0.2) is 18.4 Å². The van der Waals surface area contributed by atoms with Gasteiger partial charge in [0.05, 0.1) is 15.4 Å². The number of halogens is 3. The third-order valence-corrected chi connectivity index (χ3v) is 5.91. The number of nitrogen functional groups attached to an aromatic ring is 2. The number of sulfone groups is 1. The predicted molar refractivity (Wildman–Crippen MR) is 97.9 cm³/mol. The lowest BCUT2D eigenvalue weighted by atomic mass is 10.0. The van der Waals surface area contributed by atoms with E-state index in [0.29, 0.717) is 22.8 Å². The van der Waals surface area contributed by atoms with Gasteiger partial charge in [0.1, 0.15) is 0 Å². The highest BCUT2D eigenvalue weighted by molar-refractivity contribution is 7.91. The normalized spacial score (nSPS) is 12.1. The van der Waals surface area contributed by atoms with Gasteiger partial charge in [-0.05, 0) is 48.4 Å². The Morgan fingerprint density at radius 2 is 1.61 bits per heavy atom. The van der Waals surface area contributed by atoms with Crippen LogP contribution >= 0.6 is 0 Å². The summed E-state index contributed by atoms with van der Waals surface area (Å²) >= 11 is 0. The molecular formula is C18H15F3N4O2S. The van der Waals surface area contributed by atoms with E-state index < -0.39 is 26.5 Å². The minimum absolute atomic E-state index is 0.0434. The molecule has 0 aliphatic heterocycles. The molecule has 3 aromatic rings. The summed E-state index contributed by atoms with van der Waals surface area (Å²) < 4.78 is 66.1. The average molecular weight is 408 g/mol. The van der Waals surface area contributed by atoms with Gasteiger partial charge in [-0.3, -0.25) is 0 Å². The highest BCUT2D eigenvalue weighted by Crippen LogP contribution is 2.38. The molecule has 0 atom stereocenters. The predicted octanol–water partition coefficient (Wildman–Crippen LogP) is 3.47. The highest BCUT2D eigenvalue weighted by Gasteiger charge is 2.38. The summed E-state index contributed by atoms with van der Waals surface area (Å²) in [5.41, 5.74) is 11.0. The third-order valence-electron chi connectivity index (χ3n) is 4.10. The molecule has 0 radical (unpaired) electrons. The maximum Gasteiger partial charge on any atom is 0.417 e. The van der Waals surface area contributed by atoms with E-state index in [4.69, 9.17) is 11.5 Å². The molecule has 0 spiro atoms. The van der Waals surface area contributed by atoms with Crippen LogP contribution in [0.5, 0.6) is 0 Å². The molecule has 0 aliphatic carbocycles. The molecule has 10 heteroatoms. The first-order chi connectivity index (χ1) is 13.0. The summed E-state index contributed by atoms with van der Waals surface area (Å²) in [6, 6.07) is 6.63. The van der Waals surface area contributed by atoms with E-state index in [2.05, 4.69) is 9.97 Å². The summed E-state index contributed by atoms with van der Waals surface area (Å²) in [6.07, 6.45) is -2.06. The van der Waals surface area contributed by atoms with Gasteiger partial charge in [0, 0.05) is 23.6 Å². The maximum absolute atomic E-state index is 13.4. The molecule has 1 aromatic heterocycles. The van der Waals surface area contributed by atoms with Gasteiger partial charge in [0.25, 0.3) is 0 Å². The fraction of sp³-hybridized carbons (Fsp3) is 0.111. The summed E-state index contributed by atoms with van der Waals surface area (Å²) in [5.74, 6) is 0.0434. The molecule has 0 aliphatic rings. The zero-order chi connectivity index (χ0) is 20.7.